The lowest BCUT2D eigenvalue weighted by Gasteiger charge is -2.24. The van der Waals surface area contributed by atoms with Gasteiger partial charge in [-0.1, -0.05) is 159 Å². The van der Waals surface area contributed by atoms with Crippen LogP contribution < -0.4 is 0 Å². The molecule has 4 rings (SSSR count). The molecule has 0 fully saturated rings. The van der Waals surface area contributed by atoms with E-state index >= 15 is 0 Å². The van der Waals surface area contributed by atoms with E-state index in [1.54, 1.807) is 0 Å². The third kappa shape index (κ3) is 8.03. The molecule has 34 heavy (non-hydrogen) atoms. The summed E-state index contributed by atoms with van der Waals surface area (Å²) in [5.74, 6) is 0. The molecule has 178 valence electrons. The Labute approximate surface area is 208 Å². The fourth-order valence-corrected chi connectivity index (χ4v) is 3.59. The maximum Gasteiger partial charge on any atom is -0.0132 e. The lowest BCUT2D eigenvalue weighted by Crippen LogP contribution is -2.15. The van der Waals surface area contributed by atoms with E-state index in [1.807, 2.05) is 26.0 Å². The van der Waals surface area contributed by atoms with Gasteiger partial charge in [-0.05, 0) is 50.3 Å². The predicted molar refractivity (Wildman–Crippen MR) is 153 cm³/mol. The zero-order chi connectivity index (χ0) is 25.2. The van der Waals surface area contributed by atoms with Crippen LogP contribution in [0.3, 0.4) is 0 Å². The summed E-state index contributed by atoms with van der Waals surface area (Å²) >= 11 is 0. The van der Waals surface area contributed by atoms with Crippen molar-refractivity contribution in [1.29, 1.82) is 0 Å². The van der Waals surface area contributed by atoms with Gasteiger partial charge in [-0.15, -0.1) is 0 Å². The second-order valence-corrected chi connectivity index (χ2v) is 10.4. The molecule has 0 heteroatoms. The van der Waals surface area contributed by atoms with Crippen LogP contribution in [0.2, 0.25) is 0 Å². The van der Waals surface area contributed by atoms with E-state index in [0.29, 0.717) is 0 Å². The van der Waals surface area contributed by atoms with Gasteiger partial charge >= 0.3 is 0 Å². The van der Waals surface area contributed by atoms with Gasteiger partial charge in [0.1, 0.15) is 0 Å². The van der Waals surface area contributed by atoms with Crippen molar-refractivity contribution in [3.63, 3.8) is 0 Å². The van der Waals surface area contributed by atoms with Gasteiger partial charge in [0.2, 0.25) is 0 Å². The van der Waals surface area contributed by atoms with Crippen molar-refractivity contribution < 1.29 is 0 Å². The highest BCUT2D eigenvalue weighted by atomic mass is 14.2. The van der Waals surface area contributed by atoms with E-state index < -0.39 is 0 Å². The number of hydrogen-bond acceptors (Lipinski definition) is 0. The molecule has 0 unspecified atom stereocenters. The molecule has 4 aromatic rings. The number of hydrogen-bond donors (Lipinski definition) is 0. The Morgan fingerprint density at radius 1 is 0.353 bits per heavy atom. The van der Waals surface area contributed by atoms with Crippen LogP contribution in [0.5, 0.6) is 0 Å². The van der Waals surface area contributed by atoms with Crippen LogP contribution in [0.1, 0.15) is 66.5 Å². The minimum atomic E-state index is 0.251. The molecule has 0 aromatic heterocycles. The molecule has 0 spiro atoms. The zero-order valence-electron chi connectivity index (χ0n) is 22.4. The first-order chi connectivity index (χ1) is 16.1. The van der Waals surface area contributed by atoms with Crippen molar-refractivity contribution in [2.45, 2.75) is 66.2 Å². The molecule has 0 radical (unpaired) electrons. The highest BCUT2D eigenvalue weighted by Gasteiger charge is 2.18. The fourth-order valence-electron chi connectivity index (χ4n) is 3.59. The van der Waals surface area contributed by atoms with Gasteiger partial charge in [-0.3, -0.25) is 0 Å². The Morgan fingerprint density at radius 2 is 0.676 bits per heavy atom. The topological polar surface area (TPSA) is 0 Å². The molecule has 0 atom stereocenters. The number of benzene rings is 4. The van der Waals surface area contributed by atoms with Crippen LogP contribution in [0.25, 0.3) is 22.3 Å². The molecule has 0 aliphatic carbocycles. The Morgan fingerprint density at radius 3 is 1.03 bits per heavy atom. The summed E-state index contributed by atoms with van der Waals surface area (Å²) in [7, 11) is 0. The van der Waals surface area contributed by atoms with E-state index in [1.165, 1.54) is 33.4 Å². The third-order valence-electron chi connectivity index (χ3n) is 5.67. The Hall–Kier alpha value is -3.12. The normalized spacial score (nSPS) is 10.9. The fraction of sp³-hybridized carbons (Fsp3) is 0.294. The molecule has 0 bridgehead atoms. The average Bonchev–Trinajstić information content (AvgIpc) is 2.86. The minimum Gasteiger partial charge on any atom is -0.0683 e. The van der Waals surface area contributed by atoms with Crippen molar-refractivity contribution in [2.24, 2.45) is 0 Å². The molecule has 0 aliphatic heterocycles. The summed E-state index contributed by atoms with van der Waals surface area (Å²) in [6, 6.07) is 38.6. The van der Waals surface area contributed by atoms with Crippen molar-refractivity contribution in [1.82, 2.24) is 0 Å². The van der Waals surface area contributed by atoms with E-state index in [4.69, 9.17) is 0 Å². The Kier molecular flexibility index (Phi) is 9.87. The summed E-state index contributed by atoms with van der Waals surface area (Å²) < 4.78 is 0. The second-order valence-electron chi connectivity index (χ2n) is 10.4. The Bertz CT molecular complexity index is 1020. The molecule has 0 aliphatic rings. The van der Waals surface area contributed by atoms with Crippen LogP contribution in [0, 0.1) is 0 Å². The molecular formula is C34H42. The predicted octanol–water partition coefficient (Wildman–Crippen LogP) is 10.3. The monoisotopic (exact) mass is 450 g/mol. The second kappa shape index (κ2) is 12.4. The molecule has 0 saturated heterocycles. The average molecular weight is 451 g/mol. The van der Waals surface area contributed by atoms with Crippen molar-refractivity contribution in [3.05, 3.63) is 120 Å². The molecule has 4 aromatic carbocycles. The van der Waals surface area contributed by atoms with Gasteiger partial charge in [0.15, 0.2) is 0 Å². The summed E-state index contributed by atoms with van der Waals surface area (Å²) in [4.78, 5) is 0. The van der Waals surface area contributed by atoms with Crippen LogP contribution in [0.15, 0.2) is 109 Å². The summed E-state index contributed by atoms with van der Waals surface area (Å²) in [5.41, 5.74) is 8.39. The van der Waals surface area contributed by atoms with Crippen molar-refractivity contribution in [3.8, 4) is 22.3 Å². The highest BCUT2D eigenvalue weighted by Crippen LogP contribution is 2.28. The SMILES string of the molecule is CC.CC(C)(C)c1cccc(C(C)(C)C)c1.c1ccc(-c2cccc(-c3ccccc3)c2)cc1. The van der Waals surface area contributed by atoms with E-state index in [9.17, 15) is 0 Å². The summed E-state index contributed by atoms with van der Waals surface area (Å²) in [6.07, 6.45) is 0. The van der Waals surface area contributed by atoms with Crippen molar-refractivity contribution in [2.75, 3.05) is 0 Å². The van der Waals surface area contributed by atoms with Gasteiger partial charge in [-0.2, -0.15) is 0 Å². The maximum atomic E-state index is 2.33. The quantitative estimate of drug-likeness (QED) is 0.285. The van der Waals surface area contributed by atoms with Gasteiger partial charge in [-0.25, -0.2) is 0 Å². The lowest BCUT2D eigenvalue weighted by atomic mass is 9.81. The first-order valence-electron chi connectivity index (χ1n) is 12.5. The van der Waals surface area contributed by atoms with Crippen LogP contribution >= 0.6 is 0 Å². The summed E-state index contributed by atoms with van der Waals surface area (Å²) in [5, 5.41) is 0. The molecule has 0 saturated carbocycles. The third-order valence-corrected chi connectivity index (χ3v) is 5.67. The smallest absolute Gasteiger partial charge is 0.0132 e. The summed E-state index contributed by atoms with van der Waals surface area (Å²) in [6.45, 7) is 17.6. The van der Waals surface area contributed by atoms with Gasteiger partial charge in [0.25, 0.3) is 0 Å². The highest BCUT2D eigenvalue weighted by molar-refractivity contribution is 5.72. The maximum absolute atomic E-state index is 2.33. The van der Waals surface area contributed by atoms with Crippen LogP contribution in [0.4, 0.5) is 0 Å². The molecule has 0 heterocycles. The van der Waals surface area contributed by atoms with E-state index in [0.717, 1.165) is 0 Å². The number of rotatable bonds is 2. The lowest BCUT2D eigenvalue weighted by molar-refractivity contribution is 0.568. The first-order valence-corrected chi connectivity index (χ1v) is 12.5. The standard InChI is InChI=1S/C18H14.C14H22.C2H6/c1-3-8-15(9-4-1)17-12-7-13-18(14-17)16-10-5-2-6-11-16;1-13(2,3)11-8-7-9-12(10-11)14(4,5)6;1-2/h1-14H;7-10H,1-6H3;1-2H3. The largest absolute Gasteiger partial charge is 0.0683 e. The molecular weight excluding hydrogens is 408 g/mol. The van der Waals surface area contributed by atoms with Crippen molar-refractivity contribution >= 4 is 0 Å². The van der Waals surface area contributed by atoms with Gasteiger partial charge < -0.3 is 0 Å². The van der Waals surface area contributed by atoms with Crippen LogP contribution in [-0.2, 0) is 10.8 Å². The molecule has 0 amide bonds. The van der Waals surface area contributed by atoms with Gasteiger partial charge in [0.05, 0.1) is 0 Å². The molecule has 0 nitrogen and oxygen atoms in total. The molecule has 0 N–H and O–H groups in total. The van der Waals surface area contributed by atoms with Gasteiger partial charge in [0, 0.05) is 0 Å². The van der Waals surface area contributed by atoms with E-state index in [2.05, 4.69) is 139 Å². The van der Waals surface area contributed by atoms with Crippen LogP contribution in [-0.4, -0.2) is 0 Å². The minimum absolute atomic E-state index is 0.251. The zero-order valence-corrected chi connectivity index (χ0v) is 22.4. The Balaban J connectivity index is 0.000000231. The van der Waals surface area contributed by atoms with E-state index in [-0.39, 0.29) is 10.8 Å². The first kappa shape index (κ1) is 27.1.